The molecule has 0 spiro atoms. The number of nitrogens with zero attached hydrogens (tertiary/aromatic N) is 1. The van der Waals surface area contributed by atoms with Gasteiger partial charge in [-0.1, -0.05) is 31.4 Å². The molecule has 0 aromatic heterocycles. The lowest BCUT2D eigenvalue weighted by atomic mass is 9.93. The summed E-state index contributed by atoms with van der Waals surface area (Å²) in [6.45, 7) is 3.98. The Balaban J connectivity index is 2.15. The van der Waals surface area contributed by atoms with E-state index in [2.05, 4.69) is 36.1 Å². The number of anilines is 1. The molecule has 0 unspecified atom stereocenters. The summed E-state index contributed by atoms with van der Waals surface area (Å²) in [6, 6.07) is 9.44. The molecule has 1 saturated carbocycles. The minimum atomic E-state index is 0.635. The normalized spacial score (nSPS) is 17.1. The predicted molar refractivity (Wildman–Crippen MR) is 74.2 cm³/mol. The van der Waals surface area contributed by atoms with Crippen LogP contribution in [0.4, 0.5) is 5.69 Å². The van der Waals surface area contributed by atoms with E-state index in [9.17, 15) is 0 Å². The molecule has 1 aromatic rings. The number of rotatable bonds is 4. The lowest BCUT2D eigenvalue weighted by Gasteiger charge is -2.35. The average molecular weight is 232 g/mol. The minimum Gasteiger partial charge on any atom is -0.369 e. The highest BCUT2D eigenvalue weighted by atomic mass is 15.2. The van der Waals surface area contributed by atoms with Crippen molar-refractivity contribution in [2.45, 2.75) is 51.6 Å². The molecule has 0 amide bonds. The van der Waals surface area contributed by atoms with E-state index in [0.717, 1.165) is 12.6 Å². The van der Waals surface area contributed by atoms with Crippen LogP contribution in [0, 0.1) is 0 Å². The highest BCUT2D eigenvalue weighted by Crippen LogP contribution is 2.27. The third kappa shape index (κ3) is 3.01. The Morgan fingerprint density at radius 3 is 2.65 bits per heavy atom. The lowest BCUT2D eigenvalue weighted by molar-refractivity contribution is 0.418. The lowest BCUT2D eigenvalue weighted by Crippen LogP contribution is -2.36. The molecule has 0 heterocycles. The molecule has 17 heavy (non-hydrogen) atoms. The van der Waals surface area contributed by atoms with Crippen LogP contribution in [0.5, 0.6) is 0 Å². The molecule has 2 N–H and O–H groups in total. The Hall–Kier alpha value is -1.02. The molecule has 1 aromatic carbocycles. The standard InChI is InChI=1S/C15H24N2/c1-2-17(14-8-4-3-5-9-14)15-10-6-7-13(11-15)12-16/h6-7,10-11,14H,2-5,8-9,12,16H2,1H3. The van der Waals surface area contributed by atoms with Crippen LogP contribution in [0.2, 0.25) is 0 Å². The van der Waals surface area contributed by atoms with E-state index in [-0.39, 0.29) is 0 Å². The van der Waals surface area contributed by atoms with Gasteiger partial charge in [0.2, 0.25) is 0 Å². The zero-order valence-corrected chi connectivity index (χ0v) is 10.9. The van der Waals surface area contributed by atoms with Crippen molar-refractivity contribution in [3.8, 4) is 0 Å². The third-order valence-corrected chi connectivity index (χ3v) is 3.83. The van der Waals surface area contributed by atoms with Gasteiger partial charge in [-0.3, -0.25) is 0 Å². The van der Waals surface area contributed by atoms with E-state index < -0.39 is 0 Å². The molecule has 0 atom stereocenters. The van der Waals surface area contributed by atoms with Gasteiger partial charge in [0.05, 0.1) is 0 Å². The fourth-order valence-corrected chi connectivity index (χ4v) is 2.91. The molecule has 1 fully saturated rings. The van der Waals surface area contributed by atoms with E-state index in [1.165, 1.54) is 43.4 Å². The molecule has 2 heteroatoms. The molecule has 0 radical (unpaired) electrons. The highest BCUT2D eigenvalue weighted by molar-refractivity contribution is 5.49. The van der Waals surface area contributed by atoms with Gasteiger partial charge in [0.15, 0.2) is 0 Å². The van der Waals surface area contributed by atoms with Gasteiger partial charge < -0.3 is 10.6 Å². The zero-order chi connectivity index (χ0) is 12.1. The van der Waals surface area contributed by atoms with Crippen molar-refractivity contribution in [2.75, 3.05) is 11.4 Å². The Bertz CT molecular complexity index is 343. The van der Waals surface area contributed by atoms with E-state index in [0.29, 0.717) is 6.54 Å². The van der Waals surface area contributed by atoms with Crippen molar-refractivity contribution >= 4 is 5.69 Å². The first kappa shape index (κ1) is 12.4. The fourth-order valence-electron chi connectivity index (χ4n) is 2.91. The van der Waals surface area contributed by atoms with Crippen molar-refractivity contribution < 1.29 is 0 Å². The topological polar surface area (TPSA) is 29.3 Å². The fraction of sp³-hybridized carbons (Fsp3) is 0.600. The van der Waals surface area contributed by atoms with Gasteiger partial charge in [-0.2, -0.15) is 0 Å². The average Bonchev–Trinajstić information content (AvgIpc) is 2.41. The first-order valence-corrected chi connectivity index (χ1v) is 6.90. The quantitative estimate of drug-likeness (QED) is 0.863. The van der Waals surface area contributed by atoms with Crippen molar-refractivity contribution in [2.24, 2.45) is 5.73 Å². The van der Waals surface area contributed by atoms with Crippen LogP contribution in [0.15, 0.2) is 24.3 Å². The molecule has 0 saturated heterocycles. The zero-order valence-electron chi connectivity index (χ0n) is 10.9. The summed E-state index contributed by atoms with van der Waals surface area (Å²) in [5.74, 6) is 0. The second kappa shape index (κ2) is 6.06. The predicted octanol–water partition coefficient (Wildman–Crippen LogP) is 3.30. The second-order valence-electron chi connectivity index (χ2n) is 4.95. The van der Waals surface area contributed by atoms with Crippen molar-refractivity contribution in [1.82, 2.24) is 0 Å². The summed E-state index contributed by atoms with van der Waals surface area (Å²) >= 11 is 0. The van der Waals surface area contributed by atoms with E-state index in [1.54, 1.807) is 0 Å². The van der Waals surface area contributed by atoms with Gasteiger partial charge in [-0.05, 0) is 37.5 Å². The van der Waals surface area contributed by atoms with Crippen LogP contribution >= 0.6 is 0 Å². The maximum atomic E-state index is 5.72. The molecule has 0 aliphatic heterocycles. The van der Waals surface area contributed by atoms with Gasteiger partial charge in [0, 0.05) is 24.8 Å². The molecule has 2 nitrogen and oxygen atoms in total. The van der Waals surface area contributed by atoms with Crippen LogP contribution in [0.1, 0.15) is 44.6 Å². The maximum Gasteiger partial charge on any atom is 0.0371 e. The smallest absolute Gasteiger partial charge is 0.0371 e. The molecule has 1 aliphatic carbocycles. The Labute approximate surface area is 105 Å². The van der Waals surface area contributed by atoms with Crippen molar-refractivity contribution in [3.05, 3.63) is 29.8 Å². The minimum absolute atomic E-state index is 0.635. The van der Waals surface area contributed by atoms with Crippen molar-refractivity contribution in [1.29, 1.82) is 0 Å². The summed E-state index contributed by atoms with van der Waals surface area (Å²) in [7, 11) is 0. The van der Waals surface area contributed by atoms with Gasteiger partial charge >= 0.3 is 0 Å². The van der Waals surface area contributed by atoms with Gasteiger partial charge in [-0.25, -0.2) is 0 Å². The molecule has 94 valence electrons. The largest absolute Gasteiger partial charge is 0.369 e. The SMILES string of the molecule is CCN(c1cccc(CN)c1)C1CCCCC1. The molecular weight excluding hydrogens is 208 g/mol. The first-order chi connectivity index (χ1) is 8.35. The van der Waals surface area contributed by atoms with Crippen LogP contribution in [0.25, 0.3) is 0 Å². The van der Waals surface area contributed by atoms with Crippen LogP contribution < -0.4 is 10.6 Å². The first-order valence-electron chi connectivity index (χ1n) is 6.90. The van der Waals surface area contributed by atoms with Gasteiger partial charge in [0.1, 0.15) is 0 Å². The van der Waals surface area contributed by atoms with E-state index in [4.69, 9.17) is 5.73 Å². The van der Waals surface area contributed by atoms with Gasteiger partial charge in [0.25, 0.3) is 0 Å². The summed E-state index contributed by atoms with van der Waals surface area (Å²) < 4.78 is 0. The van der Waals surface area contributed by atoms with E-state index in [1.807, 2.05) is 0 Å². The number of benzene rings is 1. The summed E-state index contributed by atoms with van der Waals surface area (Å²) in [5, 5.41) is 0. The van der Waals surface area contributed by atoms with Gasteiger partial charge in [-0.15, -0.1) is 0 Å². The number of hydrogen-bond acceptors (Lipinski definition) is 2. The number of nitrogens with two attached hydrogens (primary N) is 1. The third-order valence-electron chi connectivity index (χ3n) is 3.83. The van der Waals surface area contributed by atoms with Crippen LogP contribution in [-0.2, 0) is 6.54 Å². The second-order valence-corrected chi connectivity index (χ2v) is 4.95. The molecule has 1 aliphatic rings. The van der Waals surface area contributed by atoms with Crippen LogP contribution in [-0.4, -0.2) is 12.6 Å². The Kier molecular flexibility index (Phi) is 4.43. The Morgan fingerprint density at radius 1 is 1.24 bits per heavy atom. The molecular formula is C15H24N2. The maximum absolute atomic E-state index is 5.72. The molecule has 2 rings (SSSR count). The summed E-state index contributed by atoms with van der Waals surface area (Å²) in [5.41, 5.74) is 8.30. The van der Waals surface area contributed by atoms with E-state index >= 15 is 0 Å². The monoisotopic (exact) mass is 232 g/mol. The number of hydrogen-bond donors (Lipinski definition) is 1. The Morgan fingerprint density at radius 2 is 2.00 bits per heavy atom. The van der Waals surface area contributed by atoms with Crippen molar-refractivity contribution in [3.63, 3.8) is 0 Å². The van der Waals surface area contributed by atoms with Crippen LogP contribution in [0.3, 0.4) is 0 Å². The summed E-state index contributed by atoms with van der Waals surface area (Å²) in [4.78, 5) is 2.55. The highest BCUT2D eigenvalue weighted by Gasteiger charge is 2.20. The molecule has 0 bridgehead atoms. The summed E-state index contributed by atoms with van der Waals surface area (Å²) in [6.07, 6.45) is 6.88.